The molecule has 1 saturated heterocycles. The molecule has 12 heteroatoms. The van der Waals surface area contributed by atoms with Crippen LogP contribution in [0.25, 0.3) is 0 Å². The van der Waals surface area contributed by atoms with Gasteiger partial charge >= 0.3 is 23.9 Å². The fourth-order valence-electron chi connectivity index (χ4n) is 6.93. The summed E-state index contributed by atoms with van der Waals surface area (Å²) in [4.78, 5) is 52.3. The number of carbonyl (C=O) groups excluding carboxylic acids is 4. The lowest BCUT2D eigenvalue weighted by Gasteiger charge is -2.61. The number of likely N-dealkylation sites (N-methyl/N-ethyl adjacent to an activating group) is 1. The first-order valence-electron chi connectivity index (χ1n) is 13.7. The second kappa shape index (κ2) is 10.4. The highest BCUT2D eigenvalue weighted by molar-refractivity contribution is 5.89. The van der Waals surface area contributed by atoms with E-state index in [0.29, 0.717) is 30.7 Å². The number of esters is 4. The number of likely N-dealkylation sites (tertiary alicyclic amines) is 1. The van der Waals surface area contributed by atoms with Crippen molar-refractivity contribution < 1.29 is 53.1 Å². The number of rotatable bonds is 8. The first kappa shape index (κ1) is 29.0. The molecule has 222 valence electrons. The molecule has 4 aliphatic rings. The number of ether oxygens (including phenoxy) is 5. The molecule has 2 aliphatic heterocycles. The van der Waals surface area contributed by atoms with Gasteiger partial charge in [0.15, 0.2) is 6.10 Å². The Balaban J connectivity index is 1.54. The van der Waals surface area contributed by atoms with Crippen LogP contribution in [0.15, 0.2) is 24.0 Å². The van der Waals surface area contributed by atoms with Gasteiger partial charge in [-0.15, -0.1) is 0 Å². The van der Waals surface area contributed by atoms with Crippen molar-refractivity contribution in [2.45, 2.75) is 95.0 Å². The van der Waals surface area contributed by atoms with Gasteiger partial charge in [-0.25, -0.2) is 9.59 Å². The topological polar surface area (TPSA) is 158 Å². The predicted molar refractivity (Wildman–Crippen MR) is 139 cm³/mol. The van der Waals surface area contributed by atoms with Crippen molar-refractivity contribution in [2.75, 3.05) is 13.6 Å². The van der Waals surface area contributed by atoms with E-state index in [1.54, 1.807) is 26.0 Å². The summed E-state index contributed by atoms with van der Waals surface area (Å²) in [5.74, 6) is -3.57. The quantitative estimate of drug-likeness (QED) is 0.334. The van der Waals surface area contributed by atoms with Crippen LogP contribution < -0.4 is 4.74 Å². The maximum atomic E-state index is 13.6. The highest BCUT2D eigenvalue weighted by Crippen LogP contribution is 2.64. The van der Waals surface area contributed by atoms with Crippen LogP contribution in [0.5, 0.6) is 5.75 Å². The summed E-state index contributed by atoms with van der Waals surface area (Å²) >= 11 is 0. The maximum absolute atomic E-state index is 13.6. The average molecular weight is 574 g/mol. The summed E-state index contributed by atoms with van der Waals surface area (Å²) in [7, 11) is 1.96. The molecule has 1 aromatic carbocycles. The first-order valence-corrected chi connectivity index (χ1v) is 13.7. The zero-order chi connectivity index (χ0) is 29.9. The van der Waals surface area contributed by atoms with E-state index in [0.717, 1.165) is 25.0 Å². The molecule has 2 bridgehead atoms. The van der Waals surface area contributed by atoms with Crippen LogP contribution in [-0.2, 0) is 56.6 Å². The molecule has 2 aliphatic carbocycles. The van der Waals surface area contributed by atoms with Gasteiger partial charge in [0.2, 0.25) is 12.2 Å². The maximum Gasteiger partial charge on any atom is 0.357 e. The van der Waals surface area contributed by atoms with E-state index in [9.17, 15) is 29.4 Å². The van der Waals surface area contributed by atoms with Crippen LogP contribution in [0.2, 0.25) is 0 Å². The lowest BCUT2D eigenvalue weighted by atomic mass is 9.50. The monoisotopic (exact) mass is 573 g/mol. The van der Waals surface area contributed by atoms with Crippen molar-refractivity contribution in [3.8, 4) is 5.75 Å². The molecule has 2 unspecified atom stereocenters. The van der Waals surface area contributed by atoms with Gasteiger partial charge in [0.05, 0.1) is 23.7 Å². The Morgan fingerprint density at radius 3 is 2.34 bits per heavy atom. The molecule has 2 heterocycles. The smallest absolute Gasteiger partial charge is 0.357 e. The van der Waals surface area contributed by atoms with E-state index in [1.807, 2.05) is 13.1 Å². The molecule has 0 aromatic heterocycles. The Kier molecular flexibility index (Phi) is 7.37. The molecule has 5 rings (SSSR count). The second-order valence-corrected chi connectivity index (χ2v) is 11.4. The zero-order valence-corrected chi connectivity index (χ0v) is 23.7. The van der Waals surface area contributed by atoms with Crippen LogP contribution in [-0.4, -0.2) is 88.6 Å². The SMILES string of the molecule is CC(=O)O[C@H](C(=O)OC1=CC[C@@]2(O)[C@H]3Cc4ccc(CO)c5c4C2(CCN3C)C1O5)[C@H](OC(C)=O)C(=O)OC(C)C. The standard InChI is InChI=1S/C29H35NO11/c1-14(2)37-26(34)23(38-15(3)32)24(39-16(4)33)27(35)40-19-8-9-29(36)20-12-17-6-7-18(13-31)22-21(17)28(29,25(19)41-22)10-11-30(20)5/h6-8,14,20,23-25,31,36H,9-13H2,1-5H3/t20-,23+,24+,25?,28?,29-/m1/s1. The number of hydrogen-bond acceptors (Lipinski definition) is 12. The van der Waals surface area contributed by atoms with Gasteiger partial charge in [0.25, 0.3) is 0 Å². The molecule has 1 spiro atoms. The molecule has 6 atom stereocenters. The average Bonchev–Trinajstić information content (AvgIpc) is 3.25. The number of aliphatic hydroxyl groups excluding tert-OH is 1. The third-order valence-electron chi connectivity index (χ3n) is 8.52. The number of nitrogens with zero attached hydrogens (tertiary/aromatic N) is 1. The van der Waals surface area contributed by atoms with Gasteiger partial charge in [-0.1, -0.05) is 12.1 Å². The largest absolute Gasteiger partial charge is 0.481 e. The number of aliphatic hydroxyl groups is 2. The second-order valence-electron chi connectivity index (χ2n) is 11.4. The predicted octanol–water partition coefficient (Wildman–Crippen LogP) is 0.815. The van der Waals surface area contributed by atoms with Crippen LogP contribution in [0.1, 0.15) is 57.2 Å². The van der Waals surface area contributed by atoms with Gasteiger partial charge in [0, 0.05) is 37.4 Å². The summed E-state index contributed by atoms with van der Waals surface area (Å²) in [5.41, 5.74) is 0.0895. The van der Waals surface area contributed by atoms with Crippen molar-refractivity contribution in [3.63, 3.8) is 0 Å². The molecule has 1 aromatic rings. The van der Waals surface area contributed by atoms with Crippen molar-refractivity contribution >= 4 is 23.9 Å². The summed E-state index contributed by atoms with van der Waals surface area (Å²) < 4.78 is 27.6. The van der Waals surface area contributed by atoms with Crippen molar-refractivity contribution in [1.82, 2.24) is 4.90 Å². The summed E-state index contributed by atoms with van der Waals surface area (Å²) in [6.45, 7) is 5.56. The fraction of sp³-hybridized carbons (Fsp3) is 0.586. The normalized spacial score (nSPS) is 28.9. The zero-order valence-electron chi connectivity index (χ0n) is 23.7. The van der Waals surface area contributed by atoms with Gasteiger partial charge < -0.3 is 38.8 Å². The minimum Gasteiger partial charge on any atom is -0.481 e. The minimum absolute atomic E-state index is 0.0619. The van der Waals surface area contributed by atoms with E-state index >= 15 is 0 Å². The Hall–Kier alpha value is -3.48. The van der Waals surface area contributed by atoms with Crippen LogP contribution in [0, 0.1) is 0 Å². The van der Waals surface area contributed by atoms with Gasteiger partial charge in [-0.2, -0.15) is 0 Å². The highest BCUT2D eigenvalue weighted by atomic mass is 16.6. The number of hydrogen-bond donors (Lipinski definition) is 2. The van der Waals surface area contributed by atoms with Crippen molar-refractivity contribution in [3.05, 3.63) is 40.7 Å². The molecule has 0 saturated carbocycles. The summed E-state index contributed by atoms with van der Waals surface area (Å²) in [6.07, 6.45) is -2.68. The van der Waals surface area contributed by atoms with Gasteiger partial charge in [0.1, 0.15) is 11.5 Å². The lowest BCUT2D eigenvalue weighted by molar-refractivity contribution is -0.193. The highest BCUT2D eigenvalue weighted by Gasteiger charge is 2.72. The Morgan fingerprint density at radius 1 is 1.07 bits per heavy atom. The Bertz CT molecular complexity index is 1320. The van der Waals surface area contributed by atoms with E-state index in [-0.39, 0.29) is 24.8 Å². The minimum atomic E-state index is -1.97. The van der Waals surface area contributed by atoms with E-state index in [1.165, 1.54) is 0 Å². The molecular formula is C29H35NO11. The summed E-state index contributed by atoms with van der Waals surface area (Å²) in [6, 6.07) is 3.49. The van der Waals surface area contributed by atoms with Crippen LogP contribution in [0.3, 0.4) is 0 Å². The van der Waals surface area contributed by atoms with E-state index in [4.69, 9.17) is 23.7 Å². The Morgan fingerprint density at radius 2 is 1.73 bits per heavy atom. The molecule has 0 radical (unpaired) electrons. The molecule has 0 amide bonds. The van der Waals surface area contributed by atoms with E-state index < -0.39 is 59.3 Å². The third-order valence-corrected chi connectivity index (χ3v) is 8.52. The molecule has 41 heavy (non-hydrogen) atoms. The first-order chi connectivity index (χ1) is 19.3. The molecule has 2 N–H and O–H groups in total. The Labute approximate surface area is 237 Å². The summed E-state index contributed by atoms with van der Waals surface area (Å²) in [5, 5.41) is 22.4. The molecular weight excluding hydrogens is 538 g/mol. The number of benzene rings is 1. The number of carbonyl (C=O) groups is 4. The van der Waals surface area contributed by atoms with E-state index in [2.05, 4.69) is 4.90 Å². The number of piperidine rings is 1. The van der Waals surface area contributed by atoms with Crippen molar-refractivity contribution in [2.24, 2.45) is 0 Å². The fourth-order valence-corrected chi connectivity index (χ4v) is 6.93. The lowest BCUT2D eigenvalue weighted by Crippen LogP contribution is -2.74. The van der Waals surface area contributed by atoms with Crippen LogP contribution in [0.4, 0.5) is 0 Å². The van der Waals surface area contributed by atoms with Crippen molar-refractivity contribution in [1.29, 1.82) is 0 Å². The molecule has 1 fully saturated rings. The van der Waals surface area contributed by atoms with Crippen LogP contribution >= 0.6 is 0 Å². The molecule has 12 nitrogen and oxygen atoms in total. The third kappa shape index (κ3) is 4.48. The van der Waals surface area contributed by atoms with Gasteiger partial charge in [-0.05, 0) is 51.9 Å². The van der Waals surface area contributed by atoms with Gasteiger partial charge in [-0.3, -0.25) is 9.59 Å².